The van der Waals surface area contributed by atoms with E-state index in [1.807, 2.05) is 27.7 Å². The second-order valence-electron chi connectivity index (χ2n) is 12.2. The minimum atomic E-state index is -0.860. The maximum absolute atomic E-state index is 14.0. The lowest BCUT2D eigenvalue weighted by atomic mass is 9.85. The molecule has 6 atom stereocenters. The third-order valence-corrected chi connectivity index (χ3v) is 8.16. The van der Waals surface area contributed by atoms with Gasteiger partial charge in [-0.15, -0.1) is 0 Å². The summed E-state index contributed by atoms with van der Waals surface area (Å²) in [5.74, 6) is 0.904. The summed E-state index contributed by atoms with van der Waals surface area (Å²) in [6.45, 7) is 9.42. The molecular formula is C29H43N5O5. The largest absolute Gasteiger partial charge is 0.485 e. The molecule has 0 spiro atoms. The fraction of sp³-hybridized carbons (Fsp3) is 0.690. The molecule has 0 aromatic heterocycles. The third-order valence-electron chi connectivity index (χ3n) is 8.16. The van der Waals surface area contributed by atoms with Gasteiger partial charge in [-0.1, -0.05) is 40.5 Å². The number of carbonyl (C=O) groups excluding carboxylic acids is 3. The van der Waals surface area contributed by atoms with Gasteiger partial charge in [0.05, 0.1) is 18.3 Å². The van der Waals surface area contributed by atoms with E-state index >= 15 is 0 Å². The van der Waals surface area contributed by atoms with Crippen LogP contribution in [-0.2, 0) is 19.1 Å². The lowest BCUT2D eigenvalue weighted by molar-refractivity contribution is -0.141. The van der Waals surface area contributed by atoms with Crippen LogP contribution in [0.15, 0.2) is 28.8 Å². The Kier molecular flexibility index (Phi) is 8.81. The topological polar surface area (TPSA) is 133 Å². The van der Waals surface area contributed by atoms with Gasteiger partial charge in [0, 0.05) is 18.3 Å². The number of hydrogen-bond donors (Lipinski definition) is 3. The van der Waals surface area contributed by atoms with Crippen molar-refractivity contribution >= 4 is 29.7 Å². The predicted octanol–water partition coefficient (Wildman–Crippen LogP) is 4.07. The highest BCUT2D eigenvalue weighted by Gasteiger charge is 2.50. The quantitative estimate of drug-likeness (QED) is 0.462. The highest BCUT2D eigenvalue weighted by atomic mass is 16.6. The number of Topliss-reactive ketones (excluding diaryl/α,β-unsaturated/α-hetero) is 1. The molecule has 2 amide bonds. The molecule has 2 bridgehead atoms. The molecule has 4 rings (SSSR count). The normalized spacial score (nSPS) is 33.1. The van der Waals surface area contributed by atoms with Gasteiger partial charge in [-0.2, -0.15) is 0 Å². The predicted molar refractivity (Wildman–Crippen MR) is 148 cm³/mol. The summed E-state index contributed by atoms with van der Waals surface area (Å²) in [6, 6.07) is -1.52. The highest BCUT2D eigenvalue weighted by Crippen LogP contribution is 2.39. The number of hydrogen-bond acceptors (Lipinski definition) is 8. The Morgan fingerprint density at radius 1 is 1.21 bits per heavy atom. The van der Waals surface area contributed by atoms with E-state index in [1.54, 1.807) is 17.2 Å². The summed E-state index contributed by atoms with van der Waals surface area (Å²) in [4.78, 5) is 46.1. The Bertz CT molecular complexity index is 1070. The number of nitrogens with one attached hydrogen (secondary N) is 3. The number of rotatable bonds is 3. The summed E-state index contributed by atoms with van der Waals surface area (Å²) in [5, 5.41) is 13.3. The average molecular weight is 542 g/mol. The molecule has 10 nitrogen and oxygen atoms in total. The standard InChI is InChI=1S/C29H43N5O5/c1-6-19-23-16-34(25(19)17(2)35)27(36)26(29(3,4)5)33-28(37)39-21-14-18(21)10-8-7-9-11-20-22(38-23)15-31-24(32-20)12-13-30/h12-13,15,18-19,21,23,25-26,30-31H,6-11,14,16H2,1-5H3,(H,33,37)/b24-12+,30-13?/t18-,19-,21-,23+,25-,26-/m1/s1. The lowest BCUT2D eigenvalue weighted by Gasteiger charge is -2.35. The van der Waals surface area contributed by atoms with Gasteiger partial charge in [0.1, 0.15) is 24.1 Å². The van der Waals surface area contributed by atoms with Gasteiger partial charge < -0.3 is 30.4 Å². The van der Waals surface area contributed by atoms with Crippen molar-refractivity contribution in [1.29, 1.82) is 5.41 Å². The fourth-order valence-corrected chi connectivity index (χ4v) is 5.95. The first-order valence-electron chi connectivity index (χ1n) is 14.2. The molecular weight excluding hydrogens is 498 g/mol. The van der Waals surface area contributed by atoms with Crippen molar-refractivity contribution < 1.29 is 23.9 Å². The zero-order chi connectivity index (χ0) is 28.3. The van der Waals surface area contributed by atoms with Gasteiger partial charge in [0.2, 0.25) is 5.91 Å². The summed E-state index contributed by atoms with van der Waals surface area (Å²) < 4.78 is 12.2. The van der Waals surface area contributed by atoms with Crippen molar-refractivity contribution in [2.24, 2.45) is 22.2 Å². The van der Waals surface area contributed by atoms with Gasteiger partial charge >= 0.3 is 6.09 Å². The van der Waals surface area contributed by atoms with Gasteiger partial charge in [0.15, 0.2) is 11.5 Å². The Morgan fingerprint density at radius 2 is 1.97 bits per heavy atom. The Morgan fingerprint density at radius 3 is 2.64 bits per heavy atom. The van der Waals surface area contributed by atoms with Crippen molar-refractivity contribution in [3.05, 3.63) is 23.9 Å². The number of aliphatic imine (C=N–C) groups is 1. The molecule has 2 saturated heterocycles. The van der Waals surface area contributed by atoms with E-state index in [4.69, 9.17) is 19.9 Å². The fourth-order valence-electron chi connectivity index (χ4n) is 5.95. The van der Waals surface area contributed by atoms with Crippen LogP contribution in [0.4, 0.5) is 4.79 Å². The zero-order valence-electron chi connectivity index (χ0n) is 23.8. The number of fused-ring (bicyclic) bond motifs is 4. The SMILES string of the molecule is CC[C@@H]1[C@@H]2CN(C(=O)[C@H](C(C)(C)C)NC(=O)O[C@@H]3C[C@H]3CCCCCC3=N/C(=C/C=N)NC=C3O2)[C@@H]1C(C)=O. The molecule has 0 unspecified atom stereocenters. The van der Waals surface area contributed by atoms with Crippen molar-refractivity contribution in [2.45, 2.75) is 104 Å². The highest BCUT2D eigenvalue weighted by molar-refractivity contribution is 6.00. The van der Waals surface area contributed by atoms with Crippen LogP contribution in [-0.4, -0.2) is 65.4 Å². The van der Waals surface area contributed by atoms with Crippen molar-refractivity contribution in [3.63, 3.8) is 0 Å². The van der Waals surface area contributed by atoms with Crippen LogP contribution < -0.4 is 10.6 Å². The lowest BCUT2D eigenvalue weighted by Crippen LogP contribution is -2.57. The second kappa shape index (κ2) is 11.9. The number of alkyl carbamates (subject to hydrolysis) is 1. The number of ketones is 1. The minimum absolute atomic E-state index is 0.107. The molecule has 10 heteroatoms. The second-order valence-corrected chi connectivity index (χ2v) is 12.2. The van der Waals surface area contributed by atoms with Crippen LogP contribution in [0.2, 0.25) is 0 Å². The van der Waals surface area contributed by atoms with Crippen LogP contribution in [0.3, 0.4) is 0 Å². The first-order valence-corrected chi connectivity index (χ1v) is 14.2. The van der Waals surface area contributed by atoms with Crippen LogP contribution in [0.1, 0.15) is 79.6 Å². The van der Waals surface area contributed by atoms with E-state index in [0.29, 0.717) is 30.3 Å². The van der Waals surface area contributed by atoms with Crippen LogP contribution >= 0.6 is 0 Å². The number of allylic oxidation sites excluding steroid dienone is 2. The van der Waals surface area contributed by atoms with Crippen molar-refractivity contribution in [2.75, 3.05) is 6.54 Å². The molecule has 0 aromatic carbocycles. The van der Waals surface area contributed by atoms with E-state index < -0.39 is 29.7 Å². The van der Waals surface area contributed by atoms with E-state index in [2.05, 4.69) is 10.6 Å². The van der Waals surface area contributed by atoms with Gasteiger partial charge in [0.25, 0.3) is 0 Å². The first kappa shape index (κ1) is 28.8. The van der Waals surface area contributed by atoms with E-state index in [9.17, 15) is 14.4 Å². The summed E-state index contributed by atoms with van der Waals surface area (Å²) in [6.07, 6.45) is 9.59. The maximum atomic E-state index is 14.0. The first-order chi connectivity index (χ1) is 18.5. The summed E-state index contributed by atoms with van der Waals surface area (Å²) in [5.41, 5.74) is 0.198. The van der Waals surface area contributed by atoms with E-state index in [-0.39, 0.29) is 30.3 Å². The minimum Gasteiger partial charge on any atom is -0.485 e. The van der Waals surface area contributed by atoms with Gasteiger partial charge in [-0.25, -0.2) is 9.79 Å². The third kappa shape index (κ3) is 6.70. The Labute approximate surface area is 231 Å². The smallest absolute Gasteiger partial charge is 0.408 e. The van der Waals surface area contributed by atoms with E-state index in [0.717, 1.165) is 37.8 Å². The van der Waals surface area contributed by atoms with Crippen LogP contribution in [0, 0.1) is 22.7 Å². The summed E-state index contributed by atoms with van der Waals surface area (Å²) >= 11 is 0. The maximum Gasteiger partial charge on any atom is 0.408 e. The molecule has 3 fully saturated rings. The molecule has 0 radical (unpaired) electrons. The number of carbonyl (C=O) groups is 3. The Hall–Kier alpha value is -3.17. The number of nitrogens with zero attached hydrogens (tertiary/aromatic N) is 2. The van der Waals surface area contributed by atoms with Crippen LogP contribution in [0.25, 0.3) is 0 Å². The molecule has 3 N–H and O–H groups in total. The molecule has 3 aliphatic heterocycles. The van der Waals surface area contributed by atoms with Gasteiger partial charge in [-0.05, 0) is 56.4 Å². The number of amides is 2. The molecule has 3 heterocycles. The number of ether oxygens (including phenoxy) is 2. The molecule has 214 valence electrons. The molecule has 0 aromatic rings. The zero-order valence-corrected chi connectivity index (χ0v) is 23.8. The average Bonchev–Trinajstić information content (AvgIpc) is 3.48. The molecule has 4 aliphatic rings. The monoisotopic (exact) mass is 541 g/mol. The van der Waals surface area contributed by atoms with Crippen molar-refractivity contribution in [3.8, 4) is 0 Å². The van der Waals surface area contributed by atoms with Gasteiger partial charge in [-0.3, -0.25) is 9.59 Å². The van der Waals surface area contributed by atoms with Crippen molar-refractivity contribution in [1.82, 2.24) is 15.5 Å². The molecule has 1 saturated carbocycles. The van der Waals surface area contributed by atoms with E-state index in [1.165, 1.54) is 13.1 Å². The summed E-state index contributed by atoms with van der Waals surface area (Å²) in [7, 11) is 0. The van der Waals surface area contributed by atoms with Crippen LogP contribution in [0.5, 0.6) is 0 Å². The molecule has 1 aliphatic carbocycles. The Balaban J connectivity index is 1.67. The molecule has 39 heavy (non-hydrogen) atoms.